The van der Waals surface area contributed by atoms with Crippen LogP contribution in [0.3, 0.4) is 0 Å². The minimum absolute atomic E-state index is 0.140. The van der Waals surface area contributed by atoms with Crippen LogP contribution >= 0.6 is 0 Å². The zero-order valence-electron chi connectivity index (χ0n) is 12.8. The first-order valence-corrected chi connectivity index (χ1v) is 9.18. The molecule has 0 bridgehead atoms. The molecule has 2 aliphatic heterocycles. The lowest BCUT2D eigenvalue weighted by atomic mass is 9.74. The SMILES string of the molecule is CC(C)(C)OC(=O)N1C[C@H]2CCC3[C@@H](CNS3(=O)=O)[C@H]2C1. The largest absolute Gasteiger partial charge is 0.444 e. The van der Waals surface area contributed by atoms with E-state index in [1.54, 1.807) is 4.90 Å². The van der Waals surface area contributed by atoms with Gasteiger partial charge in [-0.3, -0.25) is 0 Å². The van der Waals surface area contributed by atoms with Gasteiger partial charge < -0.3 is 9.64 Å². The molecular weight excluding hydrogens is 292 g/mol. The van der Waals surface area contributed by atoms with E-state index in [0.29, 0.717) is 32.0 Å². The summed E-state index contributed by atoms with van der Waals surface area (Å²) in [7, 11) is -3.14. The summed E-state index contributed by atoms with van der Waals surface area (Å²) in [6, 6.07) is 0. The van der Waals surface area contributed by atoms with Crippen molar-refractivity contribution in [1.82, 2.24) is 9.62 Å². The zero-order valence-corrected chi connectivity index (χ0v) is 13.6. The number of nitrogens with one attached hydrogen (secondary N) is 1. The Balaban J connectivity index is 1.70. The quantitative estimate of drug-likeness (QED) is 0.728. The fourth-order valence-corrected chi connectivity index (χ4v) is 5.86. The lowest BCUT2D eigenvalue weighted by molar-refractivity contribution is 0.0282. The molecule has 7 heteroatoms. The van der Waals surface area contributed by atoms with Crippen LogP contribution in [0.1, 0.15) is 33.6 Å². The predicted molar refractivity (Wildman–Crippen MR) is 78.2 cm³/mol. The van der Waals surface area contributed by atoms with Crippen LogP contribution in [0.5, 0.6) is 0 Å². The Morgan fingerprint density at radius 2 is 1.90 bits per heavy atom. The van der Waals surface area contributed by atoms with Gasteiger partial charge >= 0.3 is 6.09 Å². The average molecular weight is 316 g/mol. The second kappa shape index (κ2) is 4.84. The average Bonchev–Trinajstić information content (AvgIpc) is 2.88. The first kappa shape index (κ1) is 15.1. The van der Waals surface area contributed by atoms with Gasteiger partial charge in [0, 0.05) is 19.6 Å². The number of nitrogens with zero attached hydrogens (tertiary/aromatic N) is 1. The molecule has 120 valence electrons. The molecule has 1 saturated carbocycles. The second-order valence-corrected chi connectivity index (χ2v) is 9.47. The van der Waals surface area contributed by atoms with E-state index in [1.807, 2.05) is 20.8 Å². The summed E-state index contributed by atoms with van der Waals surface area (Å²) in [6.45, 7) is 7.42. The molecule has 1 amide bonds. The Hall–Kier alpha value is -0.820. The molecule has 0 spiro atoms. The predicted octanol–water partition coefficient (Wildman–Crippen LogP) is 1.18. The number of sulfonamides is 1. The topological polar surface area (TPSA) is 75.7 Å². The number of hydrogen-bond acceptors (Lipinski definition) is 4. The van der Waals surface area contributed by atoms with Crippen LogP contribution in [0, 0.1) is 17.8 Å². The van der Waals surface area contributed by atoms with Crippen molar-refractivity contribution in [2.24, 2.45) is 17.8 Å². The highest BCUT2D eigenvalue weighted by molar-refractivity contribution is 7.90. The molecule has 2 heterocycles. The maximum Gasteiger partial charge on any atom is 0.410 e. The fourth-order valence-electron chi connectivity index (χ4n) is 4.02. The summed E-state index contributed by atoms with van der Waals surface area (Å²) in [5, 5.41) is -0.266. The third-order valence-electron chi connectivity index (χ3n) is 4.91. The van der Waals surface area contributed by atoms with Crippen LogP contribution < -0.4 is 4.72 Å². The van der Waals surface area contributed by atoms with Gasteiger partial charge in [-0.25, -0.2) is 17.9 Å². The van der Waals surface area contributed by atoms with Gasteiger partial charge in [0.1, 0.15) is 5.60 Å². The molecule has 0 aromatic carbocycles. The van der Waals surface area contributed by atoms with Crippen LogP contribution in [0.2, 0.25) is 0 Å². The summed E-state index contributed by atoms with van der Waals surface area (Å²) in [5.74, 6) is 0.830. The summed E-state index contributed by atoms with van der Waals surface area (Å²) >= 11 is 0. The molecule has 6 nitrogen and oxygen atoms in total. The molecule has 3 fully saturated rings. The maximum atomic E-state index is 12.2. The molecule has 0 aromatic heterocycles. The standard InChI is InChI=1S/C14H24N2O4S/c1-14(2,3)20-13(17)16-7-9-4-5-12-10(11(9)8-16)6-15-21(12,18)19/h9-12,15H,4-8H2,1-3H3/t9-,10+,11+,12?/m1/s1. The molecule has 0 radical (unpaired) electrons. The number of hydrogen-bond donors (Lipinski definition) is 1. The van der Waals surface area contributed by atoms with Crippen molar-refractivity contribution in [1.29, 1.82) is 0 Å². The van der Waals surface area contributed by atoms with Crippen molar-refractivity contribution in [3.63, 3.8) is 0 Å². The minimum Gasteiger partial charge on any atom is -0.444 e. The van der Waals surface area contributed by atoms with Crippen LogP contribution in [0.4, 0.5) is 4.79 Å². The molecule has 0 aromatic rings. The maximum absolute atomic E-state index is 12.2. The zero-order chi connectivity index (χ0) is 15.4. The summed E-state index contributed by atoms with van der Waals surface area (Å²) in [6.07, 6.45) is 1.32. The van der Waals surface area contributed by atoms with Gasteiger partial charge in [-0.1, -0.05) is 0 Å². The highest BCUT2D eigenvalue weighted by Gasteiger charge is 2.52. The van der Waals surface area contributed by atoms with E-state index in [4.69, 9.17) is 4.74 Å². The van der Waals surface area contributed by atoms with Crippen LogP contribution in [-0.4, -0.2) is 49.9 Å². The van der Waals surface area contributed by atoms with E-state index < -0.39 is 15.6 Å². The lowest BCUT2D eigenvalue weighted by Crippen LogP contribution is -2.38. The van der Waals surface area contributed by atoms with Crippen molar-refractivity contribution in [2.75, 3.05) is 19.6 Å². The third kappa shape index (κ3) is 2.77. The van der Waals surface area contributed by atoms with Crippen molar-refractivity contribution in [3.8, 4) is 0 Å². The van der Waals surface area contributed by atoms with Gasteiger partial charge in [-0.05, 0) is 51.4 Å². The van der Waals surface area contributed by atoms with E-state index >= 15 is 0 Å². The van der Waals surface area contributed by atoms with Crippen molar-refractivity contribution < 1.29 is 17.9 Å². The van der Waals surface area contributed by atoms with Crippen molar-refractivity contribution in [2.45, 2.75) is 44.5 Å². The Kier molecular flexibility index (Phi) is 3.48. The number of fused-ring (bicyclic) bond motifs is 3. The van der Waals surface area contributed by atoms with Gasteiger partial charge in [0.25, 0.3) is 0 Å². The number of carbonyl (C=O) groups is 1. The minimum atomic E-state index is -3.14. The van der Waals surface area contributed by atoms with E-state index in [1.165, 1.54) is 0 Å². The Morgan fingerprint density at radius 1 is 1.19 bits per heavy atom. The van der Waals surface area contributed by atoms with E-state index in [9.17, 15) is 13.2 Å². The molecule has 1 N–H and O–H groups in total. The highest BCUT2D eigenvalue weighted by Crippen LogP contribution is 2.44. The third-order valence-corrected chi connectivity index (χ3v) is 6.86. The fraction of sp³-hybridized carbons (Fsp3) is 0.929. The Morgan fingerprint density at radius 3 is 2.57 bits per heavy atom. The second-order valence-electron chi connectivity index (χ2n) is 7.48. The van der Waals surface area contributed by atoms with Crippen LogP contribution in [-0.2, 0) is 14.8 Å². The number of likely N-dealkylation sites (tertiary alicyclic amines) is 1. The van der Waals surface area contributed by atoms with Crippen molar-refractivity contribution in [3.05, 3.63) is 0 Å². The molecule has 3 rings (SSSR count). The van der Waals surface area contributed by atoms with Crippen molar-refractivity contribution >= 4 is 16.1 Å². The van der Waals surface area contributed by atoms with Gasteiger partial charge in [0.2, 0.25) is 10.0 Å². The molecule has 1 aliphatic carbocycles. The van der Waals surface area contributed by atoms with Gasteiger partial charge in [-0.2, -0.15) is 0 Å². The summed E-state index contributed by atoms with van der Waals surface area (Å²) in [4.78, 5) is 14.0. The van der Waals surface area contributed by atoms with E-state index in [2.05, 4.69) is 4.72 Å². The first-order valence-electron chi connectivity index (χ1n) is 7.64. The van der Waals surface area contributed by atoms with Gasteiger partial charge in [0.15, 0.2) is 0 Å². The molecule has 1 unspecified atom stereocenters. The molecular formula is C14H24N2O4S. The smallest absolute Gasteiger partial charge is 0.410 e. The molecule has 2 saturated heterocycles. The highest BCUT2D eigenvalue weighted by atomic mass is 32.2. The Labute approximate surface area is 126 Å². The lowest BCUT2D eigenvalue weighted by Gasteiger charge is -2.33. The number of ether oxygens (including phenoxy) is 1. The monoisotopic (exact) mass is 316 g/mol. The molecule has 4 atom stereocenters. The van der Waals surface area contributed by atoms with Crippen LogP contribution in [0.25, 0.3) is 0 Å². The Bertz CT molecular complexity index is 540. The number of carbonyl (C=O) groups excluding carboxylic acids is 1. The number of rotatable bonds is 0. The molecule has 21 heavy (non-hydrogen) atoms. The normalized spacial score (nSPS) is 38.0. The first-order chi connectivity index (χ1) is 9.67. The summed E-state index contributed by atoms with van der Waals surface area (Å²) < 4.78 is 32.0. The van der Waals surface area contributed by atoms with Gasteiger partial charge in [-0.15, -0.1) is 0 Å². The van der Waals surface area contributed by atoms with E-state index in [-0.39, 0.29) is 23.2 Å². The van der Waals surface area contributed by atoms with Crippen LogP contribution in [0.15, 0.2) is 0 Å². The van der Waals surface area contributed by atoms with Gasteiger partial charge in [0.05, 0.1) is 5.25 Å². The molecule has 3 aliphatic rings. The van der Waals surface area contributed by atoms with E-state index in [0.717, 1.165) is 6.42 Å². The summed E-state index contributed by atoms with van der Waals surface area (Å²) in [5.41, 5.74) is -0.494. The number of amides is 1.